The number of amides is 3. The number of carbonyl (C=O) groups is 4. The van der Waals surface area contributed by atoms with Crippen molar-refractivity contribution in [3.8, 4) is 17.1 Å². The molecule has 3 amide bonds. The monoisotopic (exact) mass is 758 g/mol. The van der Waals surface area contributed by atoms with Crippen LogP contribution in [0.4, 0.5) is 24.5 Å². The van der Waals surface area contributed by atoms with Crippen molar-refractivity contribution in [3.05, 3.63) is 71.0 Å². The Balaban J connectivity index is 0.00000175. The van der Waals surface area contributed by atoms with Gasteiger partial charge in [0.15, 0.2) is 17.3 Å². The number of alkyl halides is 3. The zero-order valence-electron chi connectivity index (χ0n) is 28.6. The van der Waals surface area contributed by atoms with Gasteiger partial charge in [-0.1, -0.05) is 11.6 Å². The van der Waals surface area contributed by atoms with E-state index in [0.717, 1.165) is 55.8 Å². The van der Waals surface area contributed by atoms with Gasteiger partial charge in [-0.25, -0.2) is 14.6 Å². The minimum absolute atomic E-state index is 0.00623. The van der Waals surface area contributed by atoms with Crippen LogP contribution in [0.1, 0.15) is 52.4 Å². The third kappa shape index (κ3) is 9.31. The molecule has 3 aromatic heterocycles. The highest BCUT2D eigenvalue weighted by Crippen LogP contribution is 2.37. The Morgan fingerprint density at radius 3 is 2.38 bits per heavy atom. The van der Waals surface area contributed by atoms with Gasteiger partial charge in [0.1, 0.15) is 0 Å². The number of aromatic nitrogens is 5. The predicted molar refractivity (Wildman–Crippen MR) is 188 cm³/mol. The Morgan fingerprint density at radius 1 is 1.06 bits per heavy atom. The minimum Gasteiger partial charge on any atom is -0.483 e. The lowest BCUT2D eigenvalue weighted by Gasteiger charge is -2.35. The maximum atomic E-state index is 14.0. The van der Waals surface area contributed by atoms with Crippen LogP contribution in [0.15, 0.2) is 48.9 Å². The number of nitrogens with two attached hydrogens (primary N) is 1. The maximum absolute atomic E-state index is 14.0. The summed E-state index contributed by atoms with van der Waals surface area (Å²) in [6, 6.07) is 7.31. The van der Waals surface area contributed by atoms with Gasteiger partial charge in [0.25, 0.3) is 18.3 Å². The molecule has 0 spiro atoms. The molecule has 282 valence electrons. The molecule has 0 saturated carbocycles. The topological polar surface area (TPSA) is 202 Å². The SMILES string of the molecule is Cn1c(-c2cn(-c3ccc(N)cn3)nc2C(F)(F)F)cnc1C(=O)Nc1ccc(C(=O)NCC2CCN(C(=O)C3CCNCC3)CC2)c(Cl)c1.O=CO. The van der Waals surface area contributed by atoms with E-state index in [2.05, 4.69) is 31.0 Å². The van der Waals surface area contributed by atoms with Gasteiger partial charge in [0.2, 0.25) is 5.91 Å². The second kappa shape index (κ2) is 16.9. The maximum Gasteiger partial charge on any atom is 0.435 e. The van der Waals surface area contributed by atoms with Gasteiger partial charge in [-0.2, -0.15) is 18.3 Å². The minimum atomic E-state index is -4.81. The number of benzene rings is 1. The normalized spacial score (nSPS) is 15.3. The van der Waals surface area contributed by atoms with Crippen molar-refractivity contribution >= 4 is 47.2 Å². The molecule has 53 heavy (non-hydrogen) atoms. The Hall–Kier alpha value is -5.49. The van der Waals surface area contributed by atoms with E-state index in [1.807, 2.05) is 4.90 Å². The number of carboxylic acid groups (broad SMARTS) is 1. The summed E-state index contributed by atoms with van der Waals surface area (Å²) >= 11 is 6.43. The number of nitrogen functional groups attached to an aromatic ring is 1. The molecule has 0 radical (unpaired) electrons. The van der Waals surface area contributed by atoms with Gasteiger partial charge in [-0.05, 0) is 75.0 Å². The van der Waals surface area contributed by atoms with Crippen molar-refractivity contribution in [1.29, 1.82) is 0 Å². The molecule has 6 rings (SSSR count). The number of carbonyl (C=O) groups excluding carboxylic acids is 3. The standard InChI is InChI=1S/C33H36ClF3N10O3.CH2O2/c1-45-26(24-18-47(44-28(24)33(35,36)37)27-5-2-21(38)16-40-27)17-41-29(45)31(49)43-22-3-4-23(25(34)14-22)30(48)42-15-19-8-12-46(13-9-19)32(50)20-6-10-39-11-7-20;2-1-3/h2-5,14,16-20,39H,6-13,15,38H2,1H3,(H,42,48)(H,43,49);1H,(H,2,3). The van der Waals surface area contributed by atoms with Crippen molar-refractivity contribution in [3.63, 3.8) is 0 Å². The Labute approximate surface area is 306 Å². The molecule has 2 aliphatic rings. The smallest absolute Gasteiger partial charge is 0.435 e. The molecule has 4 aromatic rings. The van der Waals surface area contributed by atoms with Crippen molar-refractivity contribution < 1.29 is 37.5 Å². The first-order valence-corrected chi connectivity index (χ1v) is 17.1. The average molecular weight is 759 g/mol. The number of rotatable bonds is 8. The third-order valence-corrected chi connectivity index (χ3v) is 9.41. The lowest BCUT2D eigenvalue weighted by atomic mass is 9.92. The number of hydrogen-bond donors (Lipinski definition) is 5. The van der Waals surface area contributed by atoms with Gasteiger partial charge in [-0.15, -0.1) is 0 Å². The Bertz CT molecular complexity index is 1940. The molecule has 0 unspecified atom stereocenters. The van der Waals surface area contributed by atoms with Gasteiger partial charge in [0, 0.05) is 44.5 Å². The van der Waals surface area contributed by atoms with Gasteiger partial charge in [-0.3, -0.25) is 19.2 Å². The first-order chi connectivity index (χ1) is 25.3. The molecule has 2 aliphatic heterocycles. The van der Waals surface area contributed by atoms with Crippen LogP contribution in [0.3, 0.4) is 0 Å². The first-order valence-electron chi connectivity index (χ1n) is 16.7. The van der Waals surface area contributed by atoms with Crippen LogP contribution in [0.25, 0.3) is 17.1 Å². The van der Waals surface area contributed by atoms with Gasteiger partial charge < -0.3 is 36.3 Å². The number of imidazole rings is 1. The highest BCUT2D eigenvalue weighted by Gasteiger charge is 2.39. The molecule has 0 atom stereocenters. The highest BCUT2D eigenvalue weighted by molar-refractivity contribution is 6.34. The number of nitrogens with zero attached hydrogens (tertiary/aromatic N) is 6. The summed E-state index contributed by atoms with van der Waals surface area (Å²) in [6.07, 6.45) is 2.12. The van der Waals surface area contributed by atoms with Crippen molar-refractivity contribution in [2.24, 2.45) is 18.9 Å². The average Bonchev–Trinajstić information content (AvgIpc) is 3.76. The number of likely N-dealkylation sites (tertiary alicyclic amines) is 1. The molecule has 19 heteroatoms. The van der Waals surface area contributed by atoms with E-state index in [1.54, 1.807) is 0 Å². The quantitative estimate of drug-likeness (QED) is 0.164. The number of halogens is 4. The number of hydrogen-bond acceptors (Lipinski definition) is 9. The van der Waals surface area contributed by atoms with E-state index in [9.17, 15) is 27.6 Å². The fourth-order valence-corrected chi connectivity index (χ4v) is 6.54. The lowest BCUT2D eigenvalue weighted by Crippen LogP contribution is -2.46. The van der Waals surface area contributed by atoms with Crippen LogP contribution < -0.4 is 21.7 Å². The van der Waals surface area contributed by atoms with E-state index >= 15 is 0 Å². The third-order valence-electron chi connectivity index (χ3n) is 9.09. The number of piperidine rings is 2. The molecular formula is C34H38ClF3N10O5. The summed E-state index contributed by atoms with van der Waals surface area (Å²) in [5.41, 5.74) is 4.96. The summed E-state index contributed by atoms with van der Waals surface area (Å²) in [5, 5.41) is 19.5. The lowest BCUT2D eigenvalue weighted by molar-refractivity contribution is -0.141. The zero-order valence-corrected chi connectivity index (χ0v) is 29.3. The van der Waals surface area contributed by atoms with E-state index in [1.165, 1.54) is 48.1 Å². The van der Waals surface area contributed by atoms with Crippen LogP contribution in [0, 0.1) is 11.8 Å². The number of anilines is 2. The highest BCUT2D eigenvalue weighted by atomic mass is 35.5. The first kappa shape index (κ1) is 38.7. The molecule has 1 aromatic carbocycles. The van der Waals surface area contributed by atoms with Crippen molar-refractivity contribution in [2.75, 3.05) is 43.8 Å². The molecule has 0 bridgehead atoms. The predicted octanol–water partition coefficient (Wildman–Crippen LogP) is 3.84. The summed E-state index contributed by atoms with van der Waals surface area (Å²) in [7, 11) is 1.41. The van der Waals surface area contributed by atoms with E-state index in [4.69, 9.17) is 27.2 Å². The van der Waals surface area contributed by atoms with Gasteiger partial charge in [0.05, 0.1) is 39.9 Å². The van der Waals surface area contributed by atoms with Crippen LogP contribution in [-0.2, 0) is 22.8 Å². The molecule has 6 N–H and O–H groups in total. The van der Waals surface area contributed by atoms with Gasteiger partial charge >= 0.3 is 6.18 Å². The largest absolute Gasteiger partial charge is 0.483 e. The Kier molecular flexibility index (Phi) is 12.3. The second-order valence-corrected chi connectivity index (χ2v) is 13.0. The van der Waals surface area contributed by atoms with Crippen molar-refractivity contribution in [2.45, 2.75) is 31.9 Å². The van der Waals surface area contributed by atoms with E-state index in [0.29, 0.717) is 25.3 Å². The Morgan fingerprint density at radius 2 is 1.75 bits per heavy atom. The van der Waals surface area contributed by atoms with Crippen LogP contribution in [-0.4, -0.2) is 91.2 Å². The van der Waals surface area contributed by atoms with E-state index in [-0.39, 0.29) is 69.3 Å². The van der Waals surface area contributed by atoms with E-state index < -0.39 is 17.8 Å². The fraction of sp³-hybridized carbons (Fsp3) is 0.382. The number of pyridine rings is 1. The number of nitrogens with one attached hydrogen (secondary N) is 3. The molecule has 2 saturated heterocycles. The molecular weight excluding hydrogens is 721 g/mol. The van der Waals surface area contributed by atoms with Crippen molar-refractivity contribution in [1.82, 2.24) is 39.8 Å². The van der Waals surface area contributed by atoms with Crippen LogP contribution in [0.5, 0.6) is 0 Å². The summed E-state index contributed by atoms with van der Waals surface area (Å²) in [6.45, 7) is 3.27. The summed E-state index contributed by atoms with van der Waals surface area (Å²) < 4.78 is 44.2. The zero-order chi connectivity index (χ0) is 38.3. The second-order valence-electron chi connectivity index (χ2n) is 12.6. The molecule has 0 aliphatic carbocycles. The van der Waals surface area contributed by atoms with Crippen LogP contribution in [0.2, 0.25) is 5.02 Å². The molecule has 5 heterocycles. The molecule has 15 nitrogen and oxygen atoms in total. The van der Waals surface area contributed by atoms with Crippen LogP contribution >= 0.6 is 11.6 Å². The summed E-state index contributed by atoms with van der Waals surface area (Å²) in [4.78, 5) is 57.4. The summed E-state index contributed by atoms with van der Waals surface area (Å²) in [5.74, 6) is -0.591. The molecule has 2 fully saturated rings. The fourth-order valence-electron chi connectivity index (χ4n) is 6.27.